The number of amides is 3. The molecule has 1 unspecified atom stereocenters. The summed E-state index contributed by atoms with van der Waals surface area (Å²) in [5.74, 6) is 0.655. The number of carbonyl (C=O) groups excluding carboxylic acids is 2. The van der Waals surface area contributed by atoms with Crippen molar-refractivity contribution in [3.8, 4) is 0 Å². The average Bonchev–Trinajstić information content (AvgIpc) is 2.59. The Morgan fingerprint density at radius 3 is 2.57 bits per heavy atom. The van der Waals surface area contributed by atoms with Gasteiger partial charge < -0.3 is 15.5 Å². The summed E-state index contributed by atoms with van der Waals surface area (Å²) in [7, 11) is 0. The molecule has 0 spiro atoms. The zero-order valence-corrected chi connectivity index (χ0v) is 14.2. The lowest BCUT2D eigenvalue weighted by Crippen LogP contribution is -2.53. The van der Waals surface area contributed by atoms with Gasteiger partial charge in [-0.1, -0.05) is 19.1 Å². The fourth-order valence-corrected chi connectivity index (χ4v) is 3.02. The van der Waals surface area contributed by atoms with E-state index in [1.54, 1.807) is 0 Å². The number of allylic oxidation sites excluding steroid dienone is 2. The predicted octanol–water partition coefficient (Wildman–Crippen LogP) is 1.20. The number of nitrogens with zero attached hydrogens (tertiary/aromatic N) is 2. The maximum Gasteiger partial charge on any atom is 0.317 e. The number of piperazine rings is 1. The lowest BCUT2D eigenvalue weighted by Gasteiger charge is -2.34. The van der Waals surface area contributed by atoms with Crippen LogP contribution in [0.15, 0.2) is 12.2 Å². The summed E-state index contributed by atoms with van der Waals surface area (Å²) >= 11 is 0. The predicted molar refractivity (Wildman–Crippen MR) is 91.2 cm³/mol. The van der Waals surface area contributed by atoms with Crippen LogP contribution in [0, 0.1) is 5.92 Å². The molecule has 2 N–H and O–H groups in total. The fourth-order valence-electron chi connectivity index (χ4n) is 3.02. The molecule has 6 heteroatoms. The van der Waals surface area contributed by atoms with Crippen molar-refractivity contribution in [2.24, 2.45) is 5.92 Å². The van der Waals surface area contributed by atoms with E-state index in [2.05, 4.69) is 27.7 Å². The first kappa shape index (κ1) is 17.8. The van der Waals surface area contributed by atoms with Crippen molar-refractivity contribution in [3.05, 3.63) is 12.2 Å². The molecule has 0 bridgehead atoms. The number of hydrogen-bond donors (Lipinski definition) is 2. The second kappa shape index (κ2) is 9.55. The summed E-state index contributed by atoms with van der Waals surface area (Å²) in [6.07, 6.45) is 8.74. The molecule has 1 saturated heterocycles. The zero-order chi connectivity index (χ0) is 16.5. The Morgan fingerprint density at radius 1 is 1.13 bits per heavy atom. The molecule has 0 aromatic heterocycles. The van der Waals surface area contributed by atoms with E-state index in [9.17, 15) is 9.59 Å². The lowest BCUT2D eigenvalue weighted by atomic mass is 9.94. The van der Waals surface area contributed by atoms with Crippen LogP contribution in [0.5, 0.6) is 0 Å². The molecule has 1 atom stereocenters. The summed E-state index contributed by atoms with van der Waals surface area (Å²) in [5.41, 5.74) is 0. The second-order valence-electron chi connectivity index (χ2n) is 6.45. The summed E-state index contributed by atoms with van der Waals surface area (Å²) in [4.78, 5) is 27.9. The van der Waals surface area contributed by atoms with Gasteiger partial charge in [-0.15, -0.1) is 0 Å². The number of hydrogen-bond acceptors (Lipinski definition) is 3. The largest absolute Gasteiger partial charge is 0.355 e. The van der Waals surface area contributed by atoms with Crippen molar-refractivity contribution >= 4 is 11.9 Å². The first-order valence-corrected chi connectivity index (χ1v) is 8.86. The van der Waals surface area contributed by atoms with Gasteiger partial charge in [0.05, 0.1) is 6.54 Å². The van der Waals surface area contributed by atoms with E-state index in [0.29, 0.717) is 25.6 Å². The molecule has 0 radical (unpaired) electrons. The van der Waals surface area contributed by atoms with Crippen LogP contribution in [0.4, 0.5) is 4.79 Å². The Labute approximate surface area is 139 Å². The van der Waals surface area contributed by atoms with Crippen LogP contribution < -0.4 is 10.6 Å². The van der Waals surface area contributed by atoms with Gasteiger partial charge in [-0.3, -0.25) is 9.69 Å². The van der Waals surface area contributed by atoms with Gasteiger partial charge in [-0.25, -0.2) is 4.79 Å². The summed E-state index contributed by atoms with van der Waals surface area (Å²) in [6.45, 7) is 6.89. The normalized spacial score (nSPS) is 22.0. The van der Waals surface area contributed by atoms with E-state index in [0.717, 1.165) is 51.9 Å². The minimum absolute atomic E-state index is 0.0367. The number of carbonyl (C=O) groups is 2. The van der Waals surface area contributed by atoms with E-state index < -0.39 is 0 Å². The van der Waals surface area contributed by atoms with E-state index in [1.165, 1.54) is 0 Å². The molecule has 0 saturated carbocycles. The van der Waals surface area contributed by atoms with E-state index in [-0.39, 0.29) is 11.9 Å². The Balaban J connectivity index is 1.62. The van der Waals surface area contributed by atoms with Gasteiger partial charge in [0.25, 0.3) is 0 Å². The smallest absolute Gasteiger partial charge is 0.317 e. The lowest BCUT2D eigenvalue weighted by molar-refractivity contribution is -0.122. The molecule has 0 aromatic rings. The first-order chi connectivity index (χ1) is 11.2. The SMILES string of the molecule is CCCNC(=O)CN1CCN(C(=O)NCC2CC=CCC2)CC1. The van der Waals surface area contributed by atoms with Crippen molar-refractivity contribution in [1.29, 1.82) is 0 Å². The third-order valence-electron chi connectivity index (χ3n) is 4.52. The molecule has 3 amide bonds. The van der Waals surface area contributed by atoms with E-state index in [4.69, 9.17) is 0 Å². The van der Waals surface area contributed by atoms with Crippen molar-refractivity contribution in [3.63, 3.8) is 0 Å². The first-order valence-electron chi connectivity index (χ1n) is 8.86. The highest BCUT2D eigenvalue weighted by Crippen LogP contribution is 2.17. The Kier molecular flexibility index (Phi) is 7.39. The molecule has 1 aliphatic carbocycles. The van der Waals surface area contributed by atoms with Crippen LogP contribution in [0.2, 0.25) is 0 Å². The molecule has 23 heavy (non-hydrogen) atoms. The van der Waals surface area contributed by atoms with Crippen molar-refractivity contribution in [2.45, 2.75) is 32.6 Å². The van der Waals surface area contributed by atoms with Gasteiger partial charge in [-0.05, 0) is 31.6 Å². The van der Waals surface area contributed by atoms with Crippen LogP contribution in [0.3, 0.4) is 0 Å². The molecule has 130 valence electrons. The minimum Gasteiger partial charge on any atom is -0.355 e. The van der Waals surface area contributed by atoms with E-state index in [1.807, 2.05) is 11.8 Å². The van der Waals surface area contributed by atoms with Gasteiger partial charge in [0.1, 0.15) is 0 Å². The highest BCUT2D eigenvalue weighted by Gasteiger charge is 2.22. The number of urea groups is 1. The third-order valence-corrected chi connectivity index (χ3v) is 4.52. The molecule has 2 aliphatic rings. The molecular weight excluding hydrogens is 292 g/mol. The van der Waals surface area contributed by atoms with Crippen molar-refractivity contribution in [2.75, 3.05) is 45.8 Å². The quantitative estimate of drug-likeness (QED) is 0.722. The van der Waals surface area contributed by atoms with Crippen LogP contribution in [-0.2, 0) is 4.79 Å². The fraction of sp³-hybridized carbons (Fsp3) is 0.765. The Morgan fingerprint density at radius 2 is 1.91 bits per heavy atom. The molecule has 1 heterocycles. The van der Waals surface area contributed by atoms with Gasteiger partial charge in [0.2, 0.25) is 5.91 Å². The second-order valence-corrected chi connectivity index (χ2v) is 6.45. The highest BCUT2D eigenvalue weighted by molar-refractivity contribution is 5.78. The summed E-state index contributed by atoms with van der Waals surface area (Å²) < 4.78 is 0. The molecular formula is C17H30N4O2. The van der Waals surface area contributed by atoms with Crippen molar-refractivity contribution in [1.82, 2.24) is 20.4 Å². The molecule has 1 fully saturated rings. The topological polar surface area (TPSA) is 64.7 Å². The number of rotatable bonds is 6. The van der Waals surface area contributed by atoms with Crippen LogP contribution >= 0.6 is 0 Å². The summed E-state index contributed by atoms with van der Waals surface area (Å²) in [5, 5.41) is 5.95. The average molecular weight is 322 g/mol. The van der Waals surface area contributed by atoms with Crippen LogP contribution in [0.25, 0.3) is 0 Å². The standard InChI is InChI=1S/C17H30N4O2/c1-2-8-18-16(22)14-20-9-11-21(12-10-20)17(23)19-13-15-6-4-3-5-7-15/h3-4,15H,2,5-14H2,1H3,(H,18,22)(H,19,23). The maximum atomic E-state index is 12.2. The van der Waals surface area contributed by atoms with Gasteiger partial charge >= 0.3 is 6.03 Å². The minimum atomic E-state index is 0.0367. The maximum absolute atomic E-state index is 12.2. The zero-order valence-electron chi connectivity index (χ0n) is 14.2. The summed E-state index contributed by atoms with van der Waals surface area (Å²) in [6, 6.07) is 0.0367. The molecule has 2 rings (SSSR count). The number of nitrogens with one attached hydrogen (secondary N) is 2. The van der Waals surface area contributed by atoms with Gasteiger partial charge in [-0.2, -0.15) is 0 Å². The molecule has 1 aliphatic heterocycles. The monoisotopic (exact) mass is 322 g/mol. The van der Waals surface area contributed by atoms with Gasteiger partial charge in [0, 0.05) is 39.3 Å². The van der Waals surface area contributed by atoms with Gasteiger partial charge in [0.15, 0.2) is 0 Å². The molecule has 6 nitrogen and oxygen atoms in total. The third kappa shape index (κ3) is 6.22. The highest BCUT2D eigenvalue weighted by atomic mass is 16.2. The van der Waals surface area contributed by atoms with E-state index >= 15 is 0 Å². The molecule has 0 aromatic carbocycles. The Bertz CT molecular complexity index is 417. The van der Waals surface area contributed by atoms with Crippen LogP contribution in [-0.4, -0.2) is 67.6 Å². The Hall–Kier alpha value is -1.56. The van der Waals surface area contributed by atoms with Crippen LogP contribution in [0.1, 0.15) is 32.6 Å². The van der Waals surface area contributed by atoms with Crippen molar-refractivity contribution < 1.29 is 9.59 Å².